The summed E-state index contributed by atoms with van der Waals surface area (Å²) in [7, 11) is 0. The largest absolute Gasteiger partial charge is 0.486 e. The van der Waals surface area contributed by atoms with Gasteiger partial charge in [-0.3, -0.25) is 9.69 Å². The van der Waals surface area contributed by atoms with Crippen LogP contribution < -0.4 is 14.4 Å². The van der Waals surface area contributed by atoms with E-state index >= 15 is 0 Å². The second kappa shape index (κ2) is 8.02. The molecule has 2 heterocycles. The highest BCUT2D eigenvalue weighted by Gasteiger charge is 2.18. The molecule has 7 heteroatoms. The van der Waals surface area contributed by atoms with Crippen molar-refractivity contribution in [1.82, 2.24) is 4.98 Å². The number of hydrogen-bond acceptors (Lipinski definition) is 6. The molecule has 0 bridgehead atoms. The number of carbonyl (C=O) groups excluding carboxylic acids is 1. The number of carbonyl (C=O) groups is 1. The number of benzene rings is 2. The van der Waals surface area contributed by atoms with Crippen LogP contribution in [0.15, 0.2) is 58.8 Å². The number of nitrogens with zero attached hydrogens (tertiary/aromatic N) is 2. The molecule has 1 amide bonds. The summed E-state index contributed by atoms with van der Waals surface area (Å²) < 4.78 is 11.2. The van der Waals surface area contributed by atoms with E-state index in [2.05, 4.69) is 4.98 Å². The predicted octanol–water partition coefficient (Wildman–Crippen LogP) is 4.89. The highest BCUT2D eigenvalue weighted by molar-refractivity contribution is 7.98. The van der Waals surface area contributed by atoms with Gasteiger partial charge in [0.05, 0.1) is 11.4 Å². The molecule has 0 saturated heterocycles. The van der Waals surface area contributed by atoms with Crippen molar-refractivity contribution in [3.05, 3.63) is 59.6 Å². The van der Waals surface area contributed by atoms with Crippen molar-refractivity contribution in [2.45, 2.75) is 17.6 Å². The van der Waals surface area contributed by atoms with Crippen molar-refractivity contribution in [2.24, 2.45) is 0 Å². The first-order valence-corrected chi connectivity index (χ1v) is 10.4. The van der Waals surface area contributed by atoms with Gasteiger partial charge in [0.25, 0.3) is 0 Å². The quantitative estimate of drug-likeness (QED) is 0.573. The third kappa shape index (κ3) is 4.09. The molecule has 0 fully saturated rings. The van der Waals surface area contributed by atoms with Crippen molar-refractivity contribution >= 4 is 39.8 Å². The average molecular weight is 399 g/mol. The minimum Gasteiger partial charge on any atom is -0.486 e. The van der Waals surface area contributed by atoms with Crippen LogP contribution in [-0.2, 0) is 10.5 Å². The monoisotopic (exact) mass is 398 g/mol. The Kier molecular flexibility index (Phi) is 5.31. The Bertz CT molecular complexity index is 943. The van der Waals surface area contributed by atoms with Gasteiger partial charge < -0.3 is 9.47 Å². The first-order chi connectivity index (χ1) is 13.2. The predicted molar refractivity (Wildman–Crippen MR) is 108 cm³/mol. The van der Waals surface area contributed by atoms with Gasteiger partial charge in [0, 0.05) is 23.0 Å². The number of rotatable bonds is 5. The number of anilines is 2. The SMILES string of the molecule is CC(=O)N(c1ccccc1)c1nc(CSc2ccc3c(c2)OCCO3)cs1. The van der Waals surface area contributed by atoms with Gasteiger partial charge in [-0.15, -0.1) is 23.1 Å². The van der Waals surface area contributed by atoms with E-state index in [9.17, 15) is 4.79 Å². The molecule has 1 aromatic heterocycles. The molecule has 0 atom stereocenters. The molecular formula is C20H18N2O3S2. The summed E-state index contributed by atoms with van der Waals surface area (Å²) in [6.45, 7) is 2.73. The van der Waals surface area contributed by atoms with E-state index in [1.807, 2.05) is 53.9 Å². The molecule has 0 spiro atoms. The molecule has 2 aromatic carbocycles. The van der Waals surface area contributed by atoms with Gasteiger partial charge in [-0.25, -0.2) is 4.98 Å². The molecule has 1 aliphatic heterocycles. The molecule has 0 N–H and O–H groups in total. The normalized spacial score (nSPS) is 12.6. The van der Waals surface area contributed by atoms with Crippen molar-refractivity contribution in [3.63, 3.8) is 0 Å². The third-order valence-electron chi connectivity index (χ3n) is 3.96. The van der Waals surface area contributed by atoms with E-state index in [1.54, 1.807) is 23.6 Å². The molecule has 138 valence electrons. The van der Waals surface area contributed by atoms with Crippen LogP contribution in [0, 0.1) is 0 Å². The summed E-state index contributed by atoms with van der Waals surface area (Å²) in [6.07, 6.45) is 0. The van der Waals surface area contributed by atoms with Crippen molar-refractivity contribution < 1.29 is 14.3 Å². The Hall–Kier alpha value is -2.51. The van der Waals surface area contributed by atoms with E-state index < -0.39 is 0 Å². The van der Waals surface area contributed by atoms with Crippen LogP contribution in [0.25, 0.3) is 0 Å². The maximum absolute atomic E-state index is 12.1. The first kappa shape index (κ1) is 17.9. The lowest BCUT2D eigenvalue weighted by Crippen LogP contribution is -2.22. The van der Waals surface area contributed by atoms with E-state index in [1.165, 1.54) is 11.3 Å². The molecule has 1 aliphatic rings. The smallest absolute Gasteiger partial charge is 0.230 e. The Labute approximate surface area is 165 Å². The lowest BCUT2D eigenvalue weighted by atomic mass is 10.3. The number of hydrogen-bond donors (Lipinski definition) is 0. The summed E-state index contributed by atoms with van der Waals surface area (Å²) in [5.41, 5.74) is 1.77. The fourth-order valence-corrected chi connectivity index (χ4v) is 4.55. The summed E-state index contributed by atoms with van der Waals surface area (Å²) in [4.78, 5) is 19.5. The number of fused-ring (bicyclic) bond motifs is 1. The third-order valence-corrected chi connectivity index (χ3v) is 5.86. The molecule has 0 radical (unpaired) electrons. The minimum absolute atomic E-state index is 0.0541. The maximum atomic E-state index is 12.1. The fraction of sp³-hybridized carbons (Fsp3) is 0.200. The average Bonchev–Trinajstić information content (AvgIpc) is 3.15. The summed E-state index contributed by atoms with van der Waals surface area (Å²) in [6, 6.07) is 15.5. The van der Waals surface area contributed by atoms with Crippen molar-refractivity contribution in [2.75, 3.05) is 18.1 Å². The van der Waals surface area contributed by atoms with Gasteiger partial charge in [0.15, 0.2) is 16.6 Å². The maximum Gasteiger partial charge on any atom is 0.230 e. The van der Waals surface area contributed by atoms with E-state index in [-0.39, 0.29) is 5.91 Å². The lowest BCUT2D eigenvalue weighted by Gasteiger charge is -2.18. The molecule has 5 nitrogen and oxygen atoms in total. The first-order valence-electron chi connectivity index (χ1n) is 8.53. The van der Waals surface area contributed by atoms with Crippen LogP contribution in [0.1, 0.15) is 12.6 Å². The fourth-order valence-electron chi connectivity index (χ4n) is 2.74. The van der Waals surface area contributed by atoms with Crippen LogP contribution in [0.4, 0.5) is 10.8 Å². The Morgan fingerprint density at radius 3 is 2.70 bits per heavy atom. The second-order valence-electron chi connectivity index (χ2n) is 5.91. The number of aromatic nitrogens is 1. The zero-order valence-electron chi connectivity index (χ0n) is 14.8. The number of amides is 1. The zero-order chi connectivity index (χ0) is 18.6. The van der Waals surface area contributed by atoms with Gasteiger partial charge in [0.1, 0.15) is 13.2 Å². The molecule has 27 heavy (non-hydrogen) atoms. The molecule has 0 saturated carbocycles. The minimum atomic E-state index is -0.0541. The highest BCUT2D eigenvalue weighted by Crippen LogP contribution is 2.36. The summed E-state index contributed by atoms with van der Waals surface area (Å²) >= 11 is 3.16. The standard InChI is InChI=1S/C20H18N2O3S2/c1-14(23)22(16-5-3-2-4-6-16)20-21-15(13-27-20)12-26-17-7-8-18-19(11-17)25-10-9-24-18/h2-8,11,13H,9-10,12H2,1H3. The number of ether oxygens (including phenoxy) is 2. The van der Waals surface area contributed by atoms with Crippen molar-refractivity contribution in [3.8, 4) is 11.5 Å². The van der Waals surface area contributed by atoms with Crippen LogP contribution in [0.5, 0.6) is 11.5 Å². The van der Waals surface area contributed by atoms with Crippen LogP contribution in [0.2, 0.25) is 0 Å². The number of thioether (sulfide) groups is 1. The van der Waals surface area contributed by atoms with E-state index in [4.69, 9.17) is 9.47 Å². The molecule has 0 unspecified atom stereocenters. The lowest BCUT2D eigenvalue weighted by molar-refractivity contribution is -0.115. The number of thiazole rings is 1. The van der Waals surface area contributed by atoms with Crippen LogP contribution in [0.3, 0.4) is 0 Å². The molecule has 0 aliphatic carbocycles. The van der Waals surface area contributed by atoms with Gasteiger partial charge in [-0.1, -0.05) is 18.2 Å². The molecule has 3 aromatic rings. The number of para-hydroxylation sites is 1. The Morgan fingerprint density at radius 1 is 1.15 bits per heavy atom. The summed E-state index contributed by atoms with van der Waals surface area (Å²) in [5, 5.41) is 2.69. The van der Waals surface area contributed by atoms with Gasteiger partial charge >= 0.3 is 0 Å². The highest BCUT2D eigenvalue weighted by atomic mass is 32.2. The Morgan fingerprint density at radius 2 is 1.93 bits per heavy atom. The van der Waals surface area contributed by atoms with E-state index in [0.717, 1.165) is 33.5 Å². The van der Waals surface area contributed by atoms with Gasteiger partial charge in [-0.05, 0) is 30.3 Å². The van der Waals surface area contributed by atoms with Crippen LogP contribution >= 0.6 is 23.1 Å². The molecular weight excluding hydrogens is 380 g/mol. The van der Waals surface area contributed by atoms with E-state index in [0.29, 0.717) is 18.3 Å². The van der Waals surface area contributed by atoms with Crippen molar-refractivity contribution in [1.29, 1.82) is 0 Å². The topological polar surface area (TPSA) is 51.7 Å². The van der Waals surface area contributed by atoms with Gasteiger partial charge in [-0.2, -0.15) is 0 Å². The summed E-state index contributed by atoms with van der Waals surface area (Å²) in [5.74, 6) is 2.25. The van der Waals surface area contributed by atoms with Crippen LogP contribution in [-0.4, -0.2) is 24.1 Å². The zero-order valence-corrected chi connectivity index (χ0v) is 16.4. The Balaban J connectivity index is 1.47. The van der Waals surface area contributed by atoms with Gasteiger partial charge in [0.2, 0.25) is 5.91 Å². The molecule has 4 rings (SSSR count). The second-order valence-corrected chi connectivity index (χ2v) is 7.79.